The lowest BCUT2D eigenvalue weighted by Gasteiger charge is -2.18. The van der Waals surface area contributed by atoms with Crippen molar-refractivity contribution in [3.8, 4) is 28.4 Å². The molecule has 0 unspecified atom stereocenters. The molecule has 0 aliphatic rings. The van der Waals surface area contributed by atoms with Gasteiger partial charge in [0.2, 0.25) is 0 Å². The highest BCUT2D eigenvalue weighted by Gasteiger charge is 2.31. The Hall–Kier alpha value is -3.81. The van der Waals surface area contributed by atoms with E-state index in [0.717, 1.165) is 7.11 Å². The van der Waals surface area contributed by atoms with Crippen LogP contribution in [-0.2, 0) is 9.47 Å². The molecule has 0 aliphatic heterocycles. The Kier molecular flexibility index (Phi) is 5.54. The van der Waals surface area contributed by atoms with Crippen molar-refractivity contribution in [2.24, 2.45) is 0 Å². The van der Waals surface area contributed by atoms with Crippen molar-refractivity contribution in [2.75, 3.05) is 28.4 Å². The van der Waals surface area contributed by atoms with Crippen LogP contribution in [0.1, 0.15) is 20.7 Å². The molecule has 1 aromatic heterocycles. The normalized spacial score (nSPS) is 10.5. The molecular weight excluding hydrogens is 378 g/mol. The van der Waals surface area contributed by atoms with E-state index < -0.39 is 17.7 Å². The molecule has 0 bridgehead atoms. The molecule has 0 amide bonds. The monoisotopic (exact) mass is 397 g/mol. The van der Waals surface area contributed by atoms with Crippen molar-refractivity contribution >= 4 is 22.8 Å². The summed E-state index contributed by atoms with van der Waals surface area (Å²) in [5.41, 5.74) is 0.661. The van der Waals surface area contributed by atoms with Gasteiger partial charge < -0.3 is 24.1 Å². The van der Waals surface area contributed by atoms with Gasteiger partial charge in [-0.15, -0.1) is 0 Å². The van der Waals surface area contributed by atoms with Gasteiger partial charge in [-0.25, -0.2) is 9.59 Å². The van der Waals surface area contributed by atoms with Gasteiger partial charge in [-0.1, -0.05) is 6.07 Å². The van der Waals surface area contributed by atoms with Gasteiger partial charge >= 0.3 is 11.9 Å². The predicted octanol–water partition coefficient (Wildman–Crippen LogP) is 3.20. The van der Waals surface area contributed by atoms with Crippen LogP contribution in [-0.4, -0.2) is 50.5 Å². The second-order valence-electron chi connectivity index (χ2n) is 5.93. The molecule has 0 fully saturated rings. The third-order valence-corrected chi connectivity index (χ3v) is 4.49. The fourth-order valence-corrected chi connectivity index (χ4v) is 3.17. The van der Waals surface area contributed by atoms with E-state index in [1.165, 1.54) is 27.5 Å². The molecule has 3 rings (SSSR count). The van der Waals surface area contributed by atoms with E-state index in [9.17, 15) is 14.7 Å². The summed E-state index contributed by atoms with van der Waals surface area (Å²) in [5.74, 6) is -1.21. The van der Waals surface area contributed by atoms with E-state index in [-0.39, 0.29) is 16.5 Å². The largest absolute Gasteiger partial charge is 0.506 e. The first-order chi connectivity index (χ1) is 14.0. The number of hydrogen-bond acceptors (Lipinski definition) is 8. The number of nitrogens with zero attached hydrogens (tertiary/aromatic N) is 1. The highest BCUT2D eigenvalue weighted by molar-refractivity contribution is 6.17. The van der Waals surface area contributed by atoms with Crippen molar-refractivity contribution in [2.45, 2.75) is 0 Å². The average molecular weight is 397 g/mol. The zero-order chi connectivity index (χ0) is 21.1. The number of aromatic hydroxyl groups is 1. The number of fused-ring (bicyclic) bond motifs is 1. The summed E-state index contributed by atoms with van der Waals surface area (Å²) in [5, 5.41) is 11.0. The molecule has 0 saturated heterocycles. The fourth-order valence-electron chi connectivity index (χ4n) is 3.17. The van der Waals surface area contributed by atoms with Crippen LogP contribution in [0.2, 0.25) is 0 Å². The molecule has 0 radical (unpaired) electrons. The number of methoxy groups -OCH3 is 4. The first kappa shape index (κ1) is 19.9. The molecule has 150 valence electrons. The summed E-state index contributed by atoms with van der Waals surface area (Å²) in [7, 11) is 5.33. The van der Waals surface area contributed by atoms with Crippen LogP contribution in [0, 0.1) is 0 Å². The van der Waals surface area contributed by atoms with E-state index >= 15 is 0 Å². The molecule has 0 aliphatic carbocycles. The number of pyridine rings is 1. The van der Waals surface area contributed by atoms with Crippen LogP contribution in [0.3, 0.4) is 0 Å². The second-order valence-corrected chi connectivity index (χ2v) is 5.93. The molecule has 0 spiro atoms. The Morgan fingerprint density at radius 2 is 1.55 bits per heavy atom. The molecule has 0 saturated carbocycles. The highest BCUT2D eigenvalue weighted by Crippen LogP contribution is 2.42. The summed E-state index contributed by atoms with van der Waals surface area (Å²) < 4.78 is 20.3. The quantitative estimate of drug-likeness (QED) is 0.655. The molecule has 1 heterocycles. The Morgan fingerprint density at radius 1 is 0.897 bits per heavy atom. The van der Waals surface area contributed by atoms with E-state index in [1.807, 2.05) is 0 Å². The van der Waals surface area contributed by atoms with E-state index in [0.29, 0.717) is 28.1 Å². The Labute approximate surface area is 166 Å². The van der Waals surface area contributed by atoms with E-state index in [2.05, 4.69) is 4.98 Å². The molecule has 8 heteroatoms. The van der Waals surface area contributed by atoms with Gasteiger partial charge in [0.05, 0.1) is 39.5 Å². The van der Waals surface area contributed by atoms with Crippen LogP contribution in [0.25, 0.3) is 22.0 Å². The van der Waals surface area contributed by atoms with Crippen molar-refractivity contribution in [3.63, 3.8) is 0 Å². The number of rotatable bonds is 5. The van der Waals surface area contributed by atoms with Gasteiger partial charge in [0.25, 0.3) is 0 Å². The fraction of sp³-hybridized carbons (Fsp3) is 0.190. The predicted molar refractivity (Wildman–Crippen MR) is 105 cm³/mol. The Balaban J connectivity index is 2.52. The maximum Gasteiger partial charge on any atom is 0.342 e. The number of ether oxygens (including phenoxy) is 4. The van der Waals surface area contributed by atoms with Gasteiger partial charge in [-0.2, -0.15) is 0 Å². The number of carbonyl (C=O) groups is 2. The lowest BCUT2D eigenvalue weighted by Crippen LogP contribution is -2.14. The zero-order valence-electron chi connectivity index (χ0n) is 16.3. The average Bonchev–Trinajstić information content (AvgIpc) is 2.77. The highest BCUT2D eigenvalue weighted by atomic mass is 16.5. The Morgan fingerprint density at radius 3 is 2.17 bits per heavy atom. The minimum Gasteiger partial charge on any atom is -0.506 e. The minimum absolute atomic E-state index is 0.157. The maximum atomic E-state index is 12.7. The Bertz CT molecular complexity index is 1110. The molecular formula is C21H19NO7. The summed E-state index contributed by atoms with van der Waals surface area (Å²) in [4.78, 5) is 29.5. The van der Waals surface area contributed by atoms with Gasteiger partial charge in [-0.3, -0.25) is 4.98 Å². The van der Waals surface area contributed by atoms with Gasteiger partial charge in [0.15, 0.2) is 11.5 Å². The number of phenolic OH excluding ortho intramolecular Hbond substituents is 1. The second kappa shape index (κ2) is 8.05. The van der Waals surface area contributed by atoms with Crippen molar-refractivity contribution < 1.29 is 33.6 Å². The molecule has 0 atom stereocenters. The summed E-state index contributed by atoms with van der Waals surface area (Å²) >= 11 is 0. The molecule has 3 aromatic rings. The first-order valence-electron chi connectivity index (χ1n) is 8.51. The number of phenols is 1. The minimum atomic E-state index is -0.879. The lowest BCUT2D eigenvalue weighted by atomic mass is 9.90. The molecule has 1 N–H and O–H groups in total. The smallest absolute Gasteiger partial charge is 0.342 e. The van der Waals surface area contributed by atoms with Gasteiger partial charge in [-0.05, 0) is 29.8 Å². The van der Waals surface area contributed by atoms with Crippen molar-refractivity contribution in [1.29, 1.82) is 0 Å². The van der Waals surface area contributed by atoms with Crippen LogP contribution < -0.4 is 9.47 Å². The van der Waals surface area contributed by atoms with Crippen LogP contribution >= 0.6 is 0 Å². The standard InChI is InChI=1S/C21H19NO7/c1-26-13-8-7-11(10-14(13)27-2)15-16(20(24)28-3)17(21(25)29-4)19(23)12-6-5-9-22-18(12)15/h5-10,23H,1-4H3. The van der Waals surface area contributed by atoms with Crippen LogP contribution in [0.15, 0.2) is 36.5 Å². The third kappa shape index (κ3) is 3.29. The number of aromatic nitrogens is 1. The van der Waals surface area contributed by atoms with E-state index in [4.69, 9.17) is 18.9 Å². The van der Waals surface area contributed by atoms with Crippen molar-refractivity contribution in [1.82, 2.24) is 4.98 Å². The lowest BCUT2D eigenvalue weighted by molar-refractivity contribution is 0.0553. The summed E-state index contributed by atoms with van der Waals surface area (Å²) in [6.07, 6.45) is 1.52. The molecule has 8 nitrogen and oxygen atoms in total. The molecule has 29 heavy (non-hydrogen) atoms. The van der Waals surface area contributed by atoms with Crippen molar-refractivity contribution in [3.05, 3.63) is 47.7 Å². The SMILES string of the molecule is COC(=O)c1c(C(=O)OC)c(-c2ccc(OC)c(OC)c2)c2ncccc2c1O. The number of carbonyl (C=O) groups excluding carboxylic acids is 2. The topological polar surface area (TPSA) is 104 Å². The summed E-state index contributed by atoms with van der Waals surface area (Å²) in [6, 6.07) is 8.20. The summed E-state index contributed by atoms with van der Waals surface area (Å²) in [6.45, 7) is 0. The van der Waals surface area contributed by atoms with Gasteiger partial charge in [0.1, 0.15) is 11.3 Å². The number of hydrogen-bond donors (Lipinski definition) is 1. The first-order valence-corrected chi connectivity index (χ1v) is 8.51. The van der Waals surface area contributed by atoms with Gasteiger partial charge in [0, 0.05) is 17.1 Å². The molecule has 2 aromatic carbocycles. The third-order valence-electron chi connectivity index (χ3n) is 4.49. The number of benzene rings is 2. The zero-order valence-corrected chi connectivity index (χ0v) is 16.3. The van der Waals surface area contributed by atoms with Crippen LogP contribution in [0.5, 0.6) is 17.2 Å². The van der Waals surface area contributed by atoms with Crippen LogP contribution in [0.4, 0.5) is 0 Å². The van der Waals surface area contributed by atoms with E-state index in [1.54, 1.807) is 30.3 Å². The number of esters is 2. The maximum absolute atomic E-state index is 12.7.